The van der Waals surface area contributed by atoms with Gasteiger partial charge in [-0.25, -0.2) is 4.79 Å². The Kier molecular flexibility index (Phi) is 1.85. The number of amides is 1. The standard InChI is InChI=1S/C9H9N3O2/c1-5-2-8-6(4-10-12-8)3-7(5)11-9(13)14/h2-4,11H,1H3,(H,10,12)(H,13,14). The number of nitrogens with one attached hydrogen (secondary N) is 2. The first-order chi connectivity index (χ1) is 6.66. The van der Waals surface area contributed by atoms with Gasteiger partial charge in [-0.1, -0.05) is 0 Å². The fourth-order valence-electron chi connectivity index (χ4n) is 1.35. The second-order valence-corrected chi connectivity index (χ2v) is 3.05. The maximum Gasteiger partial charge on any atom is 0.409 e. The molecule has 1 amide bonds. The van der Waals surface area contributed by atoms with Crippen LogP contribution in [0.3, 0.4) is 0 Å². The summed E-state index contributed by atoms with van der Waals surface area (Å²) < 4.78 is 0. The number of hydrogen-bond acceptors (Lipinski definition) is 2. The molecule has 2 rings (SSSR count). The highest BCUT2D eigenvalue weighted by molar-refractivity contribution is 5.90. The Morgan fingerprint density at radius 2 is 2.36 bits per heavy atom. The summed E-state index contributed by atoms with van der Waals surface area (Å²) in [4.78, 5) is 10.5. The zero-order valence-corrected chi connectivity index (χ0v) is 7.53. The molecule has 0 saturated carbocycles. The van der Waals surface area contributed by atoms with Crippen molar-refractivity contribution in [2.45, 2.75) is 6.92 Å². The second-order valence-electron chi connectivity index (χ2n) is 3.05. The summed E-state index contributed by atoms with van der Waals surface area (Å²) in [5, 5.41) is 18.5. The van der Waals surface area contributed by atoms with E-state index in [1.165, 1.54) is 0 Å². The van der Waals surface area contributed by atoms with Crippen molar-refractivity contribution < 1.29 is 9.90 Å². The van der Waals surface area contributed by atoms with Gasteiger partial charge in [-0.05, 0) is 24.6 Å². The van der Waals surface area contributed by atoms with Crippen LogP contribution in [0.15, 0.2) is 18.3 Å². The quantitative estimate of drug-likeness (QED) is 0.644. The van der Waals surface area contributed by atoms with Gasteiger partial charge in [0.2, 0.25) is 0 Å². The first kappa shape index (κ1) is 8.55. The highest BCUT2D eigenvalue weighted by Crippen LogP contribution is 2.21. The smallest absolute Gasteiger partial charge is 0.409 e. The predicted octanol–water partition coefficient (Wildman–Crippen LogP) is 1.96. The van der Waals surface area contributed by atoms with Crippen LogP contribution in [0.1, 0.15) is 5.56 Å². The van der Waals surface area contributed by atoms with Crippen molar-refractivity contribution in [3.8, 4) is 0 Å². The number of carbonyl (C=O) groups is 1. The van der Waals surface area contributed by atoms with Crippen LogP contribution in [-0.2, 0) is 0 Å². The third-order valence-electron chi connectivity index (χ3n) is 2.03. The maximum absolute atomic E-state index is 10.5. The summed E-state index contributed by atoms with van der Waals surface area (Å²) in [7, 11) is 0. The Bertz CT molecular complexity index is 490. The van der Waals surface area contributed by atoms with Crippen LogP contribution in [0.4, 0.5) is 10.5 Å². The molecular weight excluding hydrogens is 182 g/mol. The Hall–Kier alpha value is -2.04. The summed E-state index contributed by atoms with van der Waals surface area (Å²) in [5.74, 6) is 0. The number of aromatic amines is 1. The molecular formula is C9H9N3O2. The van der Waals surface area contributed by atoms with E-state index in [1.807, 2.05) is 13.0 Å². The monoisotopic (exact) mass is 191 g/mol. The van der Waals surface area contributed by atoms with Gasteiger partial charge in [-0.2, -0.15) is 5.10 Å². The van der Waals surface area contributed by atoms with E-state index >= 15 is 0 Å². The van der Waals surface area contributed by atoms with Crippen LogP contribution in [0.25, 0.3) is 10.9 Å². The number of carboxylic acid groups (broad SMARTS) is 1. The van der Waals surface area contributed by atoms with Crippen LogP contribution >= 0.6 is 0 Å². The van der Waals surface area contributed by atoms with Gasteiger partial charge >= 0.3 is 6.09 Å². The zero-order valence-electron chi connectivity index (χ0n) is 7.53. The molecule has 0 unspecified atom stereocenters. The van der Waals surface area contributed by atoms with Crippen molar-refractivity contribution in [1.29, 1.82) is 0 Å². The van der Waals surface area contributed by atoms with E-state index < -0.39 is 6.09 Å². The molecule has 1 aromatic carbocycles. The lowest BCUT2D eigenvalue weighted by Crippen LogP contribution is -2.08. The van der Waals surface area contributed by atoms with Gasteiger partial charge in [0, 0.05) is 11.1 Å². The van der Waals surface area contributed by atoms with Crippen LogP contribution in [0, 0.1) is 6.92 Å². The molecule has 0 saturated heterocycles. The average molecular weight is 191 g/mol. The van der Waals surface area contributed by atoms with E-state index in [0.717, 1.165) is 16.5 Å². The molecule has 1 heterocycles. The van der Waals surface area contributed by atoms with Gasteiger partial charge in [0.1, 0.15) is 0 Å². The first-order valence-electron chi connectivity index (χ1n) is 4.10. The van der Waals surface area contributed by atoms with Crippen LogP contribution in [-0.4, -0.2) is 21.4 Å². The minimum absolute atomic E-state index is 0.589. The summed E-state index contributed by atoms with van der Waals surface area (Å²) in [6.07, 6.45) is 0.595. The number of hydrogen-bond donors (Lipinski definition) is 3. The number of fused-ring (bicyclic) bond motifs is 1. The Labute approximate surface area is 79.7 Å². The molecule has 0 radical (unpaired) electrons. The third kappa shape index (κ3) is 1.39. The van der Waals surface area contributed by atoms with Gasteiger partial charge in [0.25, 0.3) is 0 Å². The Balaban J connectivity index is 2.53. The van der Waals surface area contributed by atoms with Crippen molar-refractivity contribution >= 4 is 22.7 Å². The van der Waals surface area contributed by atoms with E-state index in [1.54, 1.807) is 12.3 Å². The topological polar surface area (TPSA) is 78.0 Å². The lowest BCUT2D eigenvalue weighted by atomic mass is 10.1. The number of nitrogens with zero attached hydrogens (tertiary/aromatic N) is 1. The lowest BCUT2D eigenvalue weighted by molar-refractivity contribution is 0.209. The van der Waals surface area contributed by atoms with E-state index in [9.17, 15) is 4.79 Å². The molecule has 72 valence electrons. The molecule has 0 spiro atoms. The molecule has 0 aliphatic heterocycles. The Morgan fingerprint density at radius 3 is 3.07 bits per heavy atom. The van der Waals surface area contributed by atoms with Crippen molar-refractivity contribution in [1.82, 2.24) is 10.2 Å². The molecule has 0 aliphatic rings. The normalized spacial score (nSPS) is 10.4. The van der Waals surface area contributed by atoms with E-state index in [0.29, 0.717) is 5.69 Å². The largest absolute Gasteiger partial charge is 0.465 e. The van der Waals surface area contributed by atoms with Crippen molar-refractivity contribution in [2.75, 3.05) is 5.32 Å². The predicted molar refractivity (Wildman–Crippen MR) is 52.5 cm³/mol. The number of rotatable bonds is 1. The molecule has 0 fully saturated rings. The van der Waals surface area contributed by atoms with Crippen LogP contribution in [0.2, 0.25) is 0 Å². The fraction of sp³-hybridized carbons (Fsp3) is 0.111. The molecule has 0 atom stereocenters. The zero-order chi connectivity index (χ0) is 10.1. The SMILES string of the molecule is Cc1cc2[nH]ncc2cc1NC(=O)O. The van der Waals surface area contributed by atoms with E-state index in [4.69, 9.17) is 5.11 Å². The fourth-order valence-corrected chi connectivity index (χ4v) is 1.35. The highest BCUT2D eigenvalue weighted by atomic mass is 16.4. The van der Waals surface area contributed by atoms with E-state index in [-0.39, 0.29) is 0 Å². The Morgan fingerprint density at radius 1 is 1.57 bits per heavy atom. The van der Waals surface area contributed by atoms with E-state index in [2.05, 4.69) is 15.5 Å². The van der Waals surface area contributed by atoms with Gasteiger partial charge in [0.15, 0.2) is 0 Å². The first-order valence-corrected chi connectivity index (χ1v) is 4.10. The van der Waals surface area contributed by atoms with Gasteiger partial charge in [-0.3, -0.25) is 10.4 Å². The molecule has 0 aliphatic carbocycles. The molecule has 5 heteroatoms. The van der Waals surface area contributed by atoms with Crippen molar-refractivity contribution in [3.05, 3.63) is 23.9 Å². The average Bonchev–Trinajstić information content (AvgIpc) is 2.51. The van der Waals surface area contributed by atoms with Gasteiger partial charge < -0.3 is 5.11 Å². The maximum atomic E-state index is 10.5. The van der Waals surface area contributed by atoms with Crippen LogP contribution in [0.5, 0.6) is 0 Å². The lowest BCUT2D eigenvalue weighted by Gasteiger charge is -2.04. The number of aromatic nitrogens is 2. The number of benzene rings is 1. The molecule has 0 bridgehead atoms. The minimum Gasteiger partial charge on any atom is -0.465 e. The minimum atomic E-state index is -1.06. The molecule has 1 aromatic heterocycles. The summed E-state index contributed by atoms with van der Waals surface area (Å²) in [6.45, 7) is 1.84. The van der Waals surface area contributed by atoms with Gasteiger partial charge in [0.05, 0.1) is 11.7 Å². The number of aryl methyl sites for hydroxylation is 1. The summed E-state index contributed by atoms with van der Waals surface area (Å²) in [6, 6.07) is 3.61. The molecule has 3 N–H and O–H groups in total. The summed E-state index contributed by atoms with van der Waals surface area (Å²) in [5.41, 5.74) is 2.36. The molecule has 2 aromatic rings. The van der Waals surface area contributed by atoms with Crippen molar-refractivity contribution in [2.24, 2.45) is 0 Å². The number of H-pyrrole nitrogens is 1. The van der Waals surface area contributed by atoms with Gasteiger partial charge in [-0.15, -0.1) is 0 Å². The summed E-state index contributed by atoms with van der Waals surface area (Å²) >= 11 is 0. The second kappa shape index (κ2) is 3.02. The molecule has 14 heavy (non-hydrogen) atoms. The molecule has 5 nitrogen and oxygen atoms in total. The third-order valence-corrected chi connectivity index (χ3v) is 2.03. The number of anilines is 1. The van der Waals surface area contributed by atoms with Crippen LogP contribution < -0.4 is 5.32 Å². The van der Waals surface area contributed by atoms with Crippen molar-refractivity contribution in [3.63, 3.8) is 0 Å². The highest BCUT2D eigenvalue weighted by Gasteiger charge is 2.04.